The van der Waals surface area contributed by atoms with Gasteiger partial charge in [0.05, 0.1) is 13.2 Å². The molecule has 0 heterocycles. The molecule has 5 heteroatoms. The molecule has 0 radical (unpaired) electrons. The Hall–Kier alpha value is -0.940. The first-order valence-corrected chi connectivity index (χ1v) is 7.65. The van der Waals surface area contributed by atoms with Crippen LogP contribution in [0.15, 0.2) is 0 Å². The summed E-state index contributed by atoms with van der Waals surface area (Å²) >= 11 is 0. The number of ketones is 1. The maximum Gasteiger partial charge on any atom is 0.220 e. The first-order valence-electron chi connectivity index (χ1n) is 7.65. The summed E-state index contributed by atoms with van der Waals surface area (Å²) in [6, 6.07) is 0. The molecule has 0 aliphatic rings. The minimum absolute atomic E-state index is 0.0935. The topological polar surface area (TPSA) is 67.4 Å². The second-order valence-electron chi connectivity index (χ2n) is 7.31. The van der Waals surface area contributed by atoms with Crippen molar-refractivity contribution in [3.63, 3.8) is 0 Å². The van der Waals surface area contributed by atoms with Gasteiger partial charge in [0, 0.05) is 36.9 Å². The van der Waals surface area contributed by atoms with Crippen LogP contribution < -0.4 is 10.6 Å². The van der Waals surface area contributed by atoms with Crippen LogP contribution in [0, 0.1) is 5.41 Å². The van der Waals surface area contributed by atoms with E-state index < -0.39 is 0 Å². The minimum Gasteiger partial charge on any atom is -0.378 e. The zero-order valence-corrected chi connectivity index (χ0v) is 14.5. The van der Waals surface area contributed by atoms with Crippen molar-refractivity contribution in [3.8, 4) is 0 Å². The maximum absolute atomic E-state index is 11.7. The zero-order valence-electron chi connectivity index (χ0n) is 14.5. The highest BCUT2D eigenvalue weighted by Gasteiger charge is 2.21. The summed E-state index contributed by atoms with van der Waals surface area (Å²) in [7, 11) is 0. The van der Waals surface area contributed by atoms with Crippen LogP contribution >= 0.6 is 0 Å². The van der Waals surface area contributed by atoms with E-state index in [2.05, 4.69) is 31.4 Å². The molecule has 0 unspecified atom stereocenters. The summed E-state index contributed by atoms with van der Waals surface area (Å²) in [6.45, 7) is 14.3. The molecule has 5 nitrogen and oxygen atoms in total. The van der Waals surface area contributed by atoms with Gasteiger partial charge >= 0.3 is 0 Å². The molecule has 0 spiro atoms. The van der Waals surface area contributed by atoms with Crippen LogP contribution in [-0.4, -0.2) is 43.5 Å². The van der Waals surface area contributed by atoms with E-state index in [1.165, 1.54) is 0 Å². The molecule has 0 saturated heterocycles. The summed E-state index contributed by atoms with van der Waals surface area (Å²) in [5.74, 6) is 0.0196. The van der Waals surface area contributed by atoms with Gasteiger partial charge in [-0.3, -0.25) is 9.59 Å². The first-order chi connectivity index (χ1) is 9.52. The number of ether oxygens (including phenoxy) is 1. The highest BCUT2D eigenvalue weighted by atomic mass is 16.5. The van der Waals surface area contributed by atoms with E-state index >= 15 is 0 Å². The lowest BCUT2D eigenvalue weighted by molar-refractivity contribution is -0.129. The largest absolute Gasteiger partial charge is 0.378 e. The molecule has 0 aliphatic heterocycles. The Morgan fingerprint density at radius 3 is 2.00 bits per heavy atom. The van der Waals surface area contributed by atoms with Crippen molar-refractivity contribution in [2.75, 3.05) is 26.3 Å². The summed E-state index contributed by atoms with van der Waals surface area (Å²) in [6.07, 6.45) is 0.549. The fourth-order valence-corrected chi connectivity index (χ4v) is 1.55. The van der Waals surface area contributed by atoms with Crippen molar-refractivity contribution in [1.82, 2.24) is 10.6 Å². The Labute approximate surface area is 129 Å². The lowest BCUT2D eigenvalue weighted by atomic mass is 9.88. The first kappa shape index (κ1) is 20.1. The molecular formula is C16H32N2O3. The molecule has 21 heavy (non-hydrogen) atoms. The van der Waals surface area contributed by atoms with Crippen LogP contribution in [0.1, 0.15) is 54.4 Å². The fourth-order valence-electron chi connectivity index (χ4n) is 1.55. The summed E-state index contributed by atoms with van der Waals surface area (Å²) in [5, 5.41) is 6.08. The van der Waals surface area contributed by atoms with E-state index in [4.69, 9.17) is 4.74 Å². The van der Waals surface area contributed by atoms with Gasteiger partial charge in [-0.05, 0) is 20.8 Å². The quantitative estimate of drug-likeness (QED) is 0.638. The van der Waals surface area contributed by atoms with E-state index in [1.807, 2.05) is 20.8 Å². The van der Waals surface area contributed by atoms with Crippen molar-refractivity contribution in [2.24, 2.45) is 5.41 Å². The molecule has 0 aromatic carbocycles. The van der Waals surface area contributed by atoms with Crippen LogP contribution in [0.3, 0.4) is 0 Å². The Morgan fingerprint density at radius 2 is 1.48 bits per heavy atom. The molecule has 0 atom stereocenters. The second kappa shape index (κ2) is 9.15. The van der Waals surface area contributed by atoms with E-state index in [0.717, 1.165) is 6.54 Å². The SMILES string of the molecule is CC(C)(C)NCCOCCNC(=O)CCC(=O)C(C)(C)C. The molecule has 0 fully saturated rings. The smallest absolute Gasteiger partial charge is 0.220 e. The number of nitrogens with one attached hydrogen (secondary N) is 2. The number of Topliss-reactive ketones (excluding diaryl/α,β-unsaturated/α-hetero) is 1. The van der Waals surface area contributed by atoms with Crippen molar-refractivity contribution in [2.45, 2.75) is 59.9 Å². The predicted octanol–water partition coefficient (Wildman–Crippen LogP) is 1.90. The average molecular weight is 300 g/mol. The van der Waals surface area contributed by atoms with Crippen molar-refractivity contribution >= 4 is 11.7 Å². The molecule has 2 N–H and O–H groups in total. The summed E-state index contributed by atoms with van der Waals surface area (Å²) < 4.78 is 5.42. The second-order valence-corrected chi connectivity index (χ2v) is 7.31. The monoisotopic (exact) mass is 300 g/mol. The third-order valence-corrected chi connectivity index (χ3v) is 2.89. The van der Waals surface area contributed by atoms with Crippen LogP contribution in [0.4, 0.5) is 0 Å². The Kier molecular flexibility index (Phi) is 8.74. The summed E-state index contributed by atoms with van der Waals surface area (Å²) in [4.78, 5) is 23.3. The van der Waals surface area contributed by atoms with Gasteiger partial charge in [-0.15, -0.1) is 0 Å². The van der Waals surface area contributed by atoms with Crippen molar-refractivity contribution < 1.29 is 14.3 Å². The van der Waals surface area contributed by atoms with E-state index in [-0.39, 0.29) is 29.1 Å². The number of rotatable bonds is 9. The van der Waals surface area contributed by atoms with Crippen LogP contribution in [0.25, 0.3) is 0 Å². The van der Waals surface area contributed by atoms with Crippen LogP contribution in [0.5, 0.6) is 0 Å². The highest BCUT2D eigenvalue weighted by Crippen LogP contribution is 2.17. The Balaban J connectivity index is 3.53. The van der Waals surface area contributed by atoms with Gasteiger partial charge in [0.1, 0.15) is 5.78 Å². The van der Waals surface area contributed by atoms with E-state index in [1.54, 1.807) is 0 Å². The van der Waals surface area contributed by atoms with Gasteiger partial charge in [-0.1, -0.05) is 20.8 Å². The molecule has 0 rings (SSSR count). The number of carbonyl (C=O) groups excluding carboxylic acids is 2. The lowest BCUT2D eigenvalue weighted by Gasteiger charge is -2.20. The standard InChI is InChI=1S/C16H32N2O3/c1-15(2,3)13(19)7-8-14(20)17-9-11-21-12-10-18-16(4,5)6/h18H,7-12H2,1-6H3,(H,17,20). The van der Waals surface area contributed by atoms with Crippen LogP contribution in [0.2, 0.25) is 0 Å². The van der Waals surface area contributed by atoms with Gasteiger partial charge in [-0.2, -0.15) is 0 Å². The molecular weight excluding hydrogens is 268 g/mol. The predicted molar refractivity (Wildman–Crippen MR) is 85.3 cm³/mol. The third-order valence-electron chi connectivity index (χ3n) is 2.89. The molecule has 0 aromatic rings. The highest BCUT2D eigenvalue weighted by molar-refractivity contribution is 5.88. The molecule has 0 aliphatic carbocycles. The van der Waals surface area contributed by atoms with Gasteiger partial charge in [0.25, 0.3) is 0 Å². The zero-order chi connectivity index (χ0) is 16.5. The van der Waals surface area contributed by atoms with Crippen molar-refractivity contribution in [3.05, 3.63) is 0 Å². The third kappa shape index (κ3) is 12.5. The van der Waals surface area contributed by atoms with Crippen LogP contribution in [-0.2, 0) is 14.3 Å². The number of hydrogen-bond donors (Lipinski definition) is 2. The minimum atomic E-state index is -0.372. The van der Waals surface area contributed by atoms with E-state index in [9.17, 15) is 9.59 Å². The van der Waals surface area contributed by atoms with Crippen molar-refractivity contribution in [1.29, 1.82) is 0 Å². The molecule has 0 bridgehead atoms. The maximum atomic E-state index is 11.7. The molecule has 124 valence electrons. The fraction of sp³-hybridized carbons (Fsp3) is 0.875. The van der Waals surface area contributed by atoms with Gasteiger partial charge in [0.15, 0.2) is 0 Å². The molecule has 0 saturated carbocycles. The molecule has 1 amide bonds. The number of amides is 1. The van der Waals surface area contributed by atoms with E-state index in [0.29, 0.717) is 26.2 Å². The Morgan fingerprint density at radius 1 is 0.905 bits per heavy atom. The number of hydrogen-bond acceptors (Lipinski definition) is 4. The number of carbonyl (C=O) groups is 2. The lowest BCUT2D eigenvalue weighted by Crippen LogP contribution is -2.38. The van der Waals surface area contributed by atoms with Gasteiger partial charge in [0.2, 0.25) is 5.91 Å². The van der Waals surface area contributed by atoms with Gasteiger partial charge in [-0.25, -0.2) is 0 Å². The molecule has 0 aromatic heterocycles. The Bertz CT molecular complexity index is 327. The average Bonchev–Trinajstić information content (AvgIpc) is 2.32. The van der Waals surface area contributed by atoms with Gasteiger partial charge < -0.3 is 15.4 Å². The summed E-state index contributed by atoms with van der Waals surface area (Å²) in [5.41, 5.74) is -0.277. The normalized spacial score (nSPS) is 12.3.